The first-order valence-corrected chi connectivity index (χ1v) is 13.1. The Morgan fingerprint density at radius 3 is 2.67 bits per heavy atom. The fraction of sp³-hybridized carbons (Fsp3) is 0.517. The number of ketones is 1. The number of carbonyl (C=O) groups excluding carboxylic acids is 3. The van der Waals surface area contributed by atoms with E-state index in [4.69, 9.17) is 10.5 Å². The summed E-state index contributed by atoms with van der Waals surface area (Å²) in [4.78, 5) is 45.1. The number of esters is 1. The van der Waals surface area contributed by atoms with E-state index in [1.54, 1.807) is 18.0 Å². The number of amides is 1. The van der Waals surface area contributed by atoms with Crippen molar-refractivity contribution < 1.29 is 19.1 Å². The predicted molar refractivity (Wildman–Crippen MR) is 139 cm³/mol. The van der Waals surface area contributed by atoms with E-state index in [1.165, 1.54) is 0 Å². The zero-order valence-electron chi connectivity index (χ0n) is 21.6. The number of aryl methyl sites for hydroxylation is 3. The number of benzene rings is 1. The van der Waals surface area contributed by atoms with Crippen molar-refractivity contribution in [3.8, 4) is 0 Å². The molecule has 3 rings (SSSR count). The Kier molecular flexibility index (Phi) is 10.6. The standard InChI is InChI=1S/C29H39N3O4/c1-3-36-28(34)16-13-22(11-14-25-7-4-5-17-31-25)29(35)32-18-6-8-26(32)27(33)15-12-23-19-21(2)9-10-24(23)20-30/h4-5,7,9-10,17,19,22,26H,3,6,8,11-16,18,20,30H2,1-2H3/t22-,26-/m0/s1. The second kappa shape index (κ2) is 13.9. The summed E-state index contributed by atoms with van der Waals surface area (Å²) < 4.78 is 5.08. The molecule has 7 nitrogen and oxygen atoms in total. The van der Waals surface area contributed by atoms with Crippen molar-refractivity contribution in [1.29, 1.82) is 0 Å². The second-order valence-corrected chi connectivity index (χ2v) is 9.53. The van der Waals surface area contributed by atoms with Crippen LogP contribution in [0.15, 0.2) is 42.6 Å². The SMILES string of the molecule is CCOC(=O)CC[C@H](CCc1ccccn1)C(=O)N1CCC[C@H]1C(=O)CCc1cc(C)ccc1CN. The van der Waals surface area contributed by atoms with E-state index in [1.807, 2.05) is 37.3 Å². The molecule has 1 amide bonds. The highest BCUT2D eigenvalue weighted by Crippen LogP contribution is 2.26. The number of likely N-dealkylation sites (tertiary alicyclic amines) is 1. The van der Waals surface area contributed by atoms with Gasteiger partial charge >= 0.3 is 5.97 Å². The maximum absolute atomic E-state index is 13.7. The lowest BCUT2D eigenvalue weighted by molar-refractivity contribution is -0.145. The number of Topliss-reactive ketones (excluding diaryl/α,β-unsaturated/α-hetero) is 1. The van der Waals surface area contributed by atoms with E-state index < -0.39 is 6.04 Å². The number of hydrogen-bond acceptors (Lipinski definition) is 6. The van der Waals surface area contributed by atoms with E-state index in [2.05, 4.69) is 11.1 Å². The minimum Gasteiger partial charge on any atom is -0.466 e. The van der Waals surface area contributed by atoms with Crippen LogP contribution in [-0.2, 0) is 38.5 Å². The molecule has 0 bridgehead atoms. The average Bonchev–Trinajstić information content (AvgIpc) is 3.38. The Hall–Kier alpha value is -3.06. The van der Waals surface area contributed by atoms with Gasteiger partial charge in [-0.2, -0.15) is 0 Å². The fourth-order valence-corrected chi connectivity index (χ4v) is 5.00. The van der Waals surface area contributed by atoms with Crippen LogP contribution >= 0.6 is 0 Å². The quantitative estimate of drug-likeness (QED) is 0.424. The monoisotopic (exact) mass is 493 g/mol. The summed E-state index contributed by atoms with van der Waals surface area (Å²) in [5, 5.41) is 0. The van der Waals surface area contributed by atoms with Crippen LogP contribution in [0.1, 0.15) is 67.8 Å². The lowest BCUT2D eigenvalue weighted by Gasteiger charge is -2.28. The number of hydrogen-bond donors (Lipinski definition) is 1. The summed E-state index contributed by atoms with van der Waals surface area (Å²) in [7, 11) is 0. The van der Waals surface area contributed by atoms with Crippen molar-refractivity contribution in [2.24, 2.45) is 11.7 Å². The van der Waals surface area contributed by atoms with Crippen molar-refractivity contribution in [2.45, 2.75) is 77.8 Å². The lowest BCUT2D eigenvalue weighted by Crippen LogP contribution is -2.44. The molecule has 0 saturated carbocycles. The Morgan fingerprint density at radius 1 is 1.11 bits per heavy atom. The predicted octanol–water partition coefficient (Wildman–Crippen LogP) is 3.93. The molecule has 36 heavy (non-hydrogen) atoms. The first kappa shape index (κ1) is 27.5. The minimum absolute atomic E-state index is 0.0377. The van der Waals surface area contributed by atoms with Gasteiger partial charge in [0.1, 0.15) is 0 Å². The topological polar surface area (TPSA) is 103 Å². The highest BCUT2D eigenvalue weighted by molar-refractivity contribution is 5.90. The molecule has 1 aliphatic rings. The number of nitrogens with two attached hydrogens (primary N) is 1. The van der Waals surface area contributed by atoms with Gasteiger partial charge in [0.25, 0.3) is 0 Å². The Balaban J connectivity index is 1.66. The summed E-state index contributed by atoms with van der Waals surface area (Å²) in [6.07, 6.45) is 6.06. The van der Waals surface area contributed by atoms with E-state index in [0.717, 1.165) is 28.8 Å². The van der Waals surface area contributed by atoms with Crippen molar-refractivity contribution in [3.63, 3.8) is 0 Å². The third-order valence-electron chi connectivity index (χ3n) is 6.96. The van der Waals surface area contributed by atoms with E-state index in [0.29, 0.717) is 58.2 Å². The molecule has 2 N–H and O–H groups in total. The lowest BCUT2D eigenvalue weighted by atomic mass is 9.93. The molecule has 0 aliphatic carbocycles. The van der Waals surface area contributed by atoms with Crippen molar-refractivity contribution in [1.82, 2.24) is 9.88 Å². The number of aromatic nitrogens is 1. The molecule has 0 radical (unpaired) electrons. The van der Waals surface area contributed by atoms with Gasteiger partial charge in [-0.1, -0.05) is 29.8 Å². The summed E-state index contributed by atoms with van der Waals surface area (Å²) in [5.41, 5.74) is 10.1. The molecule has 2 aromatic rings. The van der Waals surface area contributed by atoms with E-state index in [9.17, 15) is 14.4 Å². The molecule has 1 aromatic carbocycles. The molecule has 0 spiro atoms. The van der Waals surface area contributed by atoms with Gasteiger partial charge in [-0.05, 0) is 75.6 Å². The average molecular weight is 494 g/mol. The van der Waals surface area contributed by atoms with Gasteiger partial charge in [-0.3, -0.25) is 19.4 Å². The summed E-state index contributed by atoms with van der Waals surface area (Å²) in [6.45, 7) is 5.14. The number of nitrogens with zero attached hydrogens (tertiary/aromatic N) is 2. The largest absolute Gasteiger partial charge is 0.466 e. The Morgan fingerprint density at radius 2 is 1.94 bits per heavy atom. The minimum atomic E-state index is -0.399. The van der Waals surface area contributed by atoms with E-state index in [-0.39, 0.29) is 30.0 Å². The molecule has 194 valence electrons. The second-order valence-electron chi connectivity index (χ2n) is 9.53. The van der Waals surface area contributed by atoms with Crippen molar-refractivity contribution >= 4 is 17.7 Å². The number of pyridine rings is 1. The zero-order chi connectivity index (χ0) is 25.9. The van der Waals surface area contributed by atoms with Crippen LogP contribution in [0.3, 0.4) is 0 Å². The molecule has 1 saturated heterocycles. The normalized spacial score (nSPS) is 16.1. The van der Waals surface area contributed by atoms with Gasteiger partial charge in [0.2, 0.25) is 5.91 Å². The van der Waals surface area contributed by atoms with Crippen LogP contribution in [0.2, 0.25) is 0 Å². The first-order valence-electron chi connectivity index (χ1n) is 13.1. The highest BCUT2D eigenvalue weighted by atomic mass is 16.5. The molecule has 7 heteroatoms. The van der Waals surface area contributed by atoms with Gasteiger partial charge in [0, 0.05) is 43.7 Å². The van der Waals surface area contributed by atoms with Gasteiger partial charge < -0.3 is 15.4 Å². The van der Waals surface area contributed by atoms with Gasteiger partial charge in [-0.25, -0.2) is 0 Å². The highest BCUT2D eigenvalue weighted by Gasteiger charge is 2.36. The molecule has 1 aliphatic heterocycles. The molecule has 1 aromatic heterocycles. The van der Waals surface area contributed by atoms with Crippen molar-refractivity contribution in [3.05, 3.63) is 65.0 Å². The van der Waals surface area contributed by atoms with Crippen LogP contribution < -0.4 is 5.73 Å². The Bertz CT molecular complexity index is 1020. The molecular formula is C29H39N3O4. The fourth-order valence-electron chi connectivity index (χ4n) is 5.00. The maximum atomic E-state index is 13.7. The van der Waals surface area contributed by atoms with Crippen LogP contribution in [0.5, 0.6) is 0 Å². The summed E-state index contributed by atoms with van der Waals surface area (Å²) in [6, 6.07) is 11.5. The Labute approximate surface area is 214 Å². The summed E-state index contributed by atoms with van der Waals surface area (Å²) >= 11 is 0. The maximum Gasteiger partial charge on any atom is 0.305 e. The number of rotatable bonds is 13. The summed E-state index contributed by atoms with van der Waals surface area (Å²) in [5.74, 6) is -0.593. The third-order valence-corrected chi connectivity index (χ3v) is 6.96. The van der Waals surface area contributed by atoms with Crippen LogP contribution in [-0.4, -0.2) is 46.7 Å². The first-order chi connectivity index (χ1) is 17.4. The molecule has 1 fully saturated rings. The smallest absolute Gasteiger partial charge is 0.305 e. The number of carbonyl (C=O) groups is 3. The van der Waals surface area contributed by atoms with Gasteiger partial charge in [-0.15, -0.1) is 0 Å². The third kappa shape index (κ3) is 7.72. The van der Waals surface area contributed by atoms with Crippen LogP contribution in [0.25, 0.3) is 0 Å². The van der Waals surface area contributed by atoms with Crippen LogP contribution in [0, 0.1) is 12.8 Å². The zero-order valence-corrected chi connectivity index (χ0v) is 21.6. The number of ether oxygens (including phenoxy) is 1. The van der Waals surface area contributed by atoms with Gasteiger partial charge in [0.15, 0.2) is 5.78 Å². The van der Waals surface area contributed by atoms with E-state index >= 15 is 0 Å². The van der Waals surface area contributed by atoms with Crippen LogP contribution in [0.4, 0.5) is 0 Å². The molecule has 2 atom stereocenters. The molecule has 2 heterocycles. The molecule has 0 unspecified atom stereocenters. The van der Waals surface area contributed by atoms with Gasteiger partial charge in [0.05, 0.1) is 12.6 Å². The van der Waals surface area contributed by atoms with Crippen molar-refractivity contribution in [2.75, 3.05) is 13.2 Å². The molecular weight excluding hydrogens is 454 g/mol.